The van der Waals surface area contributed by atoms with Gasteiger partial charge >= 0.3 is 12.2 Å². The number of carbonyl (C=O) groups excluding carboxylic acids is 1. The van der Waals surface area contributed by atoms with E-state index in [0.717, 1.165) is 19.3 Å². The molecule has 3 rings (SSSR count). The second kappa shape index (κ2) is 8.08. The number of carbonyl (C=O) groups is 1. The molecular weight excluding hydrogens is 397 g/mol. The molecule has 0 aromatic carbocycles. The third-order valence-electron chi connectivity index (χ3n) is 5.45. The van der Waals surface area contributed by atoms with E-state index in [1.54, 1.807) is 5.32 Å². The predicted molar refractivity (Wildman–Crippen MR) is 97.4 cm³/mol. The third-order valence-corrected chi connectivity index (χ3v) is 5.45. The zero-order valence-electron chi connectivity index (χ0n) is 16.5. The number of nitrogens with one attached hydrogen (secondary N) is 2. The molecule has 0 unspecified atom stereocenters. The lowest BCUT2D eigenvalue weighted by molar-refractivity contribution is -0.122. The van der Waals surface area contributed by atoms with E-state index >= 15 is 0 Å². The van der Waals surface area contributed by atoms with E-state index < -0.39 is 30.6 Å². The molecule has 0 spiro atoms. The van der Waals surface area contributed by atoms with Crippen LogP contribution < -0.4 is 10.6 Å². The van der Waals surface area contributed by atoms with Gasteiger partial charge in [0.2, 0.25) is 5.92 Å². The Balaban J connectivity index is 1.87. The number of aromatic nitrogens is 2. The quantitative estimate of drug-likeness (QED) is 0.654. The maximum atomic E-state index is 13.5. The summed E-state index contributed by atoms with van der Waals surface area (Å²) in [6, 6.07) is -0.987. The van der Waals surface area contributed by atoms with Gasteiger partial charge in [-0.25, -0.2) is 18.3 Å². The van der Waals surface area contributed by atoms with Crippen molar-refractivity contribution in [2.24, 2.45) is 0 Å². The van der Waals surface area contributed by atoms with E-state index in [4.69, 9.17) is 0 Å². The molecule has 29 heavy (non-hydrogen) atoms. The zero-order valence-corrected chi connectivity index (χ0v) is 16.5. The van der Waals surface area contributed by atoms with Gasteiger partial charge in [0.15, 0.2) is 0 Å². The van der Waals surface area contributed by atoms with Crippen LogP contribution in [0.4, 0.5) is 32.6 Å². The summed E-state index contributed by atoms with van der Waals surface area (Å²) in [6.45, 7) is -0.499. The van der Waals surface area contributed by atoms with Crippen molar-refractivity contribution < 1.29 is 26.7 Å². The largest absolute Gasteiger partial charge is 0.405 e. The molecule has 2 saturated carbocycles. The fourth-order valence-electron chi connectivity index (χ4n) is 3.67. The van der Waals surface area contributed by atoms with Gasteiger partial charge in [0.25, 0.3) is 0 Å². The maximum absolute atomic E-state index is 13.5. The highest BCUT2D eigenvalue weighted by Crippen LogP contribution is 2.52. The van der Waals surface area contributed by atoms with Crippen molar-refractivity contribution in [3.63, 3.8) is 0 Å². The van der Waals surface area contributed by atoms with Crippen molar-refractivity contribution in [3.05, 3.63) is 11.3 Å². The normalized spacial score (nSPS) is 19.7. The van der Waals surface area contributed by atoms with Crippen LogP contribution in [0.3, 0.4) is 0 Å². The van der Waals surface area contributed by atoms with Gasteiger partial charge in [0.05, 0.1) is 12.2 Å². The fourth-order valence-corrected chi connectivity index (χ4v) is 3.67. The van der Waals surface area contributed by atoms with Crippen LogP contribution >= 0.6 is 0 Å². The lowest BCUT2D eigenvalue weighted by Crippen LogP contribution is -2.37. The van der Waals surface area contributed by atoms with E-state index in [2.05, 4.69) is 10.4 Å². The molecule has 1 heterocycles. The Labute approximate surface area is 165 Å². The number of rotatable bonds is 7. The van der Waals surface area contributed by atoms with Crippen LogP contribution in [-0.4, -0.2) is 60.0 Å². The minimum atomic E-state index is -4.53. The standard InChI is InChI=1S/C18H26F5N5O/c1-27(2)6-7-28-15(25-16(29)24-10-18(21,22)23)13(11-4-3-5-11)14(26-28)12-8-17(19,20)9-12/h11-12H,3-10H2,1-2H3,(H2,24,25,29). The Kier molecular flexibility index (Phi) is 6.07. The number of amides is 2. The van der Waals surface area contributed by atoms with Crippen LogP contribution in [0, 0.1) is 0 Å². The van der Waals surface area contributed by atoms with Crippen LogP contribution in [0.15, 0.2) is 0 Å². The number of halogens is 5. The summed E-state index contributed by atoms with van der Waals surface area (Å²) < 4.78 is 65.7. The summed E-state index contributed by atoms with van der Waals surface area (Å²) in [6.07, 6.45) is -2.45. The second-order valence-corrected chi connectivity index (χ2v) is 8.19. The highest BCUT2D eigenvalue weighted by Gasteiger charge is 2.49. The smallest absolute Gasteiger partial charge is 0.329 e. The average molecular weight is 423 g/mol. The topological polar surface area (TPSA) is 62.2 Å². The monoisotopic (exact) mass is 423 g/mol. The number of hydrogen-bond donors (Lipinski definition) is 2. The van der Waals surface area contributed by atoms with E-state index in [1.165, 1.54) is 4.68 Å². The lowest BCUT2D eigenvalue weighted by atomic mass is 9.73. The SMILES string of the molecule is CN(C)CCn1nc(C2CC(F)(F)C2)c(C2CCC2)c1NC(=O)NCC(F)(F)F. The van der Waals surface area contributed by atoms with Crippen molar-refractivity contribution >= 4 is 11.8 Å². The highest BCUT2D eigenvalue weighted by molar-refractivity contribution is 5.89. The van der Waals surface area contributed by atoms with Gasteiger partial charge < -0.3 is 10.2 Å². The van der Waals surface area contributed by atoms with Crippen LogP contribution in [0.1, 0.15) is 55.2 Å². The van der Waals surface area contributed by atoms with Gasteiger partial charge in [-0.1, -0.05) is 6.42 Å². The Morgan fingerprint density at radius 3 is 2.38 bits per heavy atom. The number of nitrogens with zero attached hydrogens (tertiary/aromatic N) is 3. The van der Waals surface area contributed by atoms with Crippen molar-refractivity contribution in [3.8, 4) is 0 Å². The molecule has 11 heteroatoms. The number of alkyl halides is 5. The van der Waals surface area contributed by atoms with E-state index in [-0.39, 0.29) is 18.8 Å². The first-order valence-electron chi connectivity index (χ1n) is 9.70. The summed E-state index contributed by atoms with van der Waals surface area (Å²) >= 11 is 0. The first-order chi connectivity index (χ1) is 13.5. The maximum Gasteiger partial charge on any atom is 0.405 e. The number of hydrogen-bond acceptors (Lipinski definition) is 3. The second-order valence-electron chi connectivity index (χ2n) is 8.19. The van der Waals surface area contributed by atoms with Gasteiger partial charge in [-0.3, -0.25) is 5.32 Å². The molecular formula is C18H26F5N5O. The van der Waals surface area contributed by atoms with Crippen molar-refractivity contribution in [2.75, 3.05) is 32.5 Å². The summed E-state index contributed by atoms with van der Waals surface area (Å²) in [5.74, 6) is -2.72. The highest BCUT2D eigenvalue weighted by atomic mass is 19.4. The zero-order chi connectivity index (χ0) is 21.4. The third kappa shape index (κ3) is 5.37. The molecule has 6 nitrogen and oxygen atoms in total. The first kappa shape index (κ1) is 21.8. The lowest BCUT2D eigenvalue weighted by Gasteiger charge is -2.36. The molecule has 1 aromatic rings. The predicted octanol–water partition coefficient (Wildman–Crippen LogP) is 3.91. The van der Waals surface area contributed by atoms with Gasteiger partial charge in [0, 0.05) is 30.9 Å². The van der Waals surface area contributed by atoms with Crippen LogP contribution in [0.2, 0.25) is 0 Å². The van der Waals surface area contributed by atoms with Gasteiger partial charge in [0.1, 0.15) is 12.4 Å². The summed E-state index contributed by atoms with van der Waals surface area (Å²) in [4.78, 5) is 14.0. The van der Waals surface area contributed by atoms with Gasteiger partial charge in [-0.15, -0.1) is 0 Å². The van der Waals surface area contributed by atoms with Crippen molar-refractivity contribution in [1.82, 2.24) is 20.0 Å². The molecule has 1 aromatic heterocycles. The molecule has 2 aliphatic carbocycles. The van der Waals surface area contributed by atoms with Crippen molar-refractivity contribution in [2.45, 2.75) is 62.6 Å². The number of urea groups is 1. The molecule has 2 fully saturated rings. The van der Waals surface area contributed by atoms with Crippen LogP contribution in [-0.2, 0) is 6.54 Å². The first-order valence-corrected chi connectivity index (χ1v) is 9.70. The molecule has 0 saturated heterocycles. The van der Waals surface area contributed by atoms with E-state index in [1.807, 2.05) is 19.0 Å². The molecule has 2 amide bonds. The number of likely N-dealkylation sites (N-methyl/N-ethyl adjacent to an activating group) is 1. The van der Waals surface area contributed by atoms with Crippen LogP contribution in [0.25, 0.3) is 0 Å². The Morgan fingerprint density at radius 2 is 1.90 bits per heavy atom. The average Bonchev–Trinajstić information content (AvgIpc) is 2.85. The van der Waals surface area contributed by atoms with E-state index in [9.17, 15) is 26.7 Å². The van der Waals surface area contributed by atoms with Gasteiger partial charge in [-0.2, -0.15) is 18.3 Å². The Hall–Kier alpha value is -1.91. The molecule has 0 bridgehead atoms. The summed E-state index contributed by atoms with van der Waals surface area (Å²) in [7, 11) is 3.71. The van der Waals surface area contributed by atoms with Crippen molar-refractivity contribution in [1.29, 1.82) is 0 Å². The summed E-state index contributed by atoms with van der Waals surface area (Å²) in [5.41, 5.74) is 1.25. The van der Waals surface area contributed by atoms with Crippen LogP contribution in [0.5, 0.6) is 0 Å². The molecule has 0 radical (unpaired) electrons. The molecule has 0 aliphatic heterocycles. The summed E-state index contributed by atoms with van der Waals surface area (Å²) in [5, 5.41) is 8.84. The Bertz CT molecular complexity index is 734. The van der Waals surface area contributed by atoms with Gasteiger partial charge in [-0.05, 0) is 32.9 Å². The molecule has 164 valence electrons. The molecule has 2 N–H and O–H groups in total. The Morgan fingerprint density at radius 1 is 1.24 bits per heavy atom. The molecule has 2 aliphatic rings. The molecule has 0 atom stereocenters. The van der Waals surface area contributed by atoms with E-state index in [0.29, 0.717) is 30.2 Å². The number of anilines is 1. The minimum absolute atomic E-state index is 0.0743. The minimum Gasteiger partial charge on any atom is -0.329 e. The fraction of sp³-hybridized carbons (Fsp3) is 0.778.